The normalized spacial score (nSPS) is 18.6. The Labute approximate surface area is 128 Å². The Morgan fingerprint density at radius 1 is 1.40 bits per heavy atom. The summed E-state index contributed by atoms with van der Waals surface area (Å²) in [5.41, 5.74) is 5.14. The highest BCUT2D eigenvalue weighted by Crippen LogP contribution is 2.32. The van der Waals surface area contributed by atoms with Crippen molar-refractivity contribution in [3.8, 4) is 0 Å². The fourth-order valence-electron chi connectivity index (χ4n) is 2.58. The van der Waals surface area contributed by atoms with Crippen molar-refractivity contribution in [3.63, 3.8) is 0 Å². The molecule has 1 aromatic carbocycles. The Hall–Kier alpha value is -0.630. The zero-order chi connectivity index (χ0) is 15.0. The number of halogens is 1. The number of aliphatic hydroxyl groups is 1. The van der Waals surface area contributed by atoms with Crippen LogP contribution in [0.1, 0.15) is 25.7 Å². The van der Waals surface area contributed by atoms with Crippen LogP contribution in [0, 0.1) is 0 Å². The topological polar surface area (TPSA) is 83.6 Å². The molecular formula is C13H19BrN2O3S. The van der Waals surface area contributed by atoms with Gasteiger partial charge in [-0.15, -0.1) is 0 Å². The maximum absolute atomic E-state index is 12.6. The molecule has 0 radical (unpaired) electrons. The van der Waals surface area contributed by atoms with Gasteiger partial charge in [0.25, 0.3) is 0 Å². The van der Waals surface area contributed by atoms with Crippen LogP contribution in [-0.4, -0.2) is 37.0 Å². The average Bonchev–Trinajstić information content (AvgIpc) is 2.78. The Morgan fingerprint density at radius 3 is 2.60 bits per heavy atom. The molecule has 0 atom stereocenters. The van der Waals surface area contributed by atoms with Gasteiger partial charge < -0.3 is 10.8 Å². The number of sulfonamides is 1. The van der Waals surface area contributed by atoms with Crippen LogP contribution in [0.4, 0.5) is 5.69 Å². The van der Waals surface area contributed by atoms with Gasteiger partial charge in [-0.05, 0) is 47.0 Å². The van der Waals surface area contributed by atoms with E-state index in [1.807, 2.05) is 0 Å². The van der Waals surface area contributed by atoms with E-state index in [1.165, 1.54) is 17.4 Å². The number of nitrogen functional groups attached to an aromatic ring is 1. The molecular weight excluding hydrogens is 344 g/mol. The molecule has 7 heteroatoms. The van der Waals surface area contributed by atoms with Gasteiger partial charge in [-0.1, -0.05) is 12.8 Å². The number of anilines is 1. The number of hydrogen-bond acceptors (Lipinski definition) is 4. The highest BCUT2D eigenvalue weighted by molar-refractivity contribution is 9.10. The maximum Gasteiger partial charge on any atom is 0.244 e. The van der Waals surface area contributed by atoms with Crippen LogP contribution in [0.15, 0.2) is 27.6 Å². The molecule has 3 N–H and O–H groups in total. The summed E-state index contributed by atoms with van der Waals surface area (Å²) in [6, 6.07) is 4.67. The van der Waals surface area contributed by atoms with Crippen LogP contribution in [-0.2, 0) is 10.0 Å². The molecule has 0 unspecified atom stereocenters. The fraction of sp³-hybridized carbons (Fsp3) is 0.538. The zero-order valence-electron chi connectivity index (χ0n) is 11.3. The summed E-state index contributed by atoms with van der Waals surface area (Å²) in [6.07, 6.45) is 3.16. The molecule has 1 aliphatic carbocycles. The summed E-state index contributed by atoms with van der Waals surface area (Å²) < 4.78 is 26.8. The van der Waals surface area contributed by atoms with Crippen molar-refractivity contribution in [2.24, 2.45) is 0 Å². The monoisotopic (exact) mass is 362 g/mol. The van der Waals surface area contributed by atoms with Crippen molar-refractivity contribution < 1.29 is 13.5 Å². The summed E-state index contributed by atoms with van der Waals surface area (Å²) >= 11 is 3.24. The first kappa shape index (κ1) is 15.8. The molecule has 0 bridgehead atoms. The third kappa shape index (κ3) is 3.16. The summed E-state index contributed by atoms with van der Waals surface area (Å²) in [4.78, 5) is 0.126. The smallest absolute Gasteiger partial charge is 0.244 e. The van der Waals surface area contributed by atoms with E-state index in [9.17, 15) is 13.5 Å². The van der Waals surface area contributed by atoms with E-state index < -0.39 is 15.6 Å². The molecule has 112 valence electrons. The molecule has 20 heavy (non-hydrogen) atoms. The van der Waals surface area contributed by atoms with Crippen LogP contribution in [0.5, 0.6) is 0 Å². The summed E-state index contributed by atoms with van der Waals surface area (Å²) in [5.74, 6) is 0. The van der Waals surface area contributed by atoms with E-state index in [-0.39, 0.29) is 11.4 Å². The van der Waals surface area contributed by atoms with Gasteiger partial charge in [0.2, 0.25) is 10.0 Å². The molecule has 0 spiro atoms. The van der Waals surface area contributed by atoms with Crippen LogP contribution < -0.4 is 5.73 Å². The number of rotatable bonds is 4. The van der Waals surface area contributed by atoms with Crippen molar-refractivity contribution in [2.75, 3.05) is 19.3 Å². The third-order valence-corrected chi connectivity index (χ3v) is 6.49. The van der Waals surface area contributed by atoms with E-state index >= 15 is 0 Å². The lowest BCUT2D eigenvalue weighted by Crippen LogP contribution is -2.42. The SMILES string of the molecule is CN(CC1(O)CCCC1)S(=O)(=O)c1cc(N)ccc1Br. The summed E-state index contributed by atoms with van der Waals surface area (Å²) in [6.45, 7) is 0.108. The van der Waals surface area contributed by atoms with Crippen molar-refractivity contribution in [3.05, 3.63) is 22.7 Å². The second-order valence-electron chi connectivity index (χ2n) is 5.38. The van der Waals surface area contributed by atoms with Crippen molar-refractivity contribution in [2.45, 2.75) is 36.2 Å². The van der Waals surface area contributed by atoms with Crippen LogP contribution in [0.3, 0.4) is 0 Å². The average molecular weight is 363 g/mol. The van der Waals surface area contributed by atoms with Crippen molar-refractivity contribution in [1.29, 1.82) is 0 Å². The Bertz CT molecular complexity index is 598. The van der Waals surface area contributed by atoms with Crippen LogP contribution in [0.2, 0.25) is 0 Å². The van der Waals surface area contributed by atoms with Crippen molar-refractivity contribution in [1.82, 2.24) is 4.31 Å². The number of benzene rings is 1. The van der Waals surface area contributed by atoms with Gasteiger partial charge in [-0.25, -0.2) is 8.42 Å². The minimum absolute atomic E-state index is 0.108. The molecule has 1 fully saturated rings. The number of likely N-dealkylation sites (N-methyl/N-ethyl adjacent to an activating group) is 1. The first-order chi connectivity index (χ1) is 9.24. The van der Waals surface area contributed by atoms with Gasteiger partial charge in [0, 0.05) is 23.8 Å². The first-order valence-corrected chi connectivity index (χ1v) is 8.72. The first-order valence-electron chi connectivity index (χ1n) is 6.48. The second kappa shape index (κ2) is 5.63. The van der Waals surface area contributed by atoms with Crippen molar-refractivity contribution >= 4 is 31.6 Å². The van der Waals surface area contributed by atoms with E-state index in [2.05, 4.69) is 15.9 Å². The molecule has 0 amide bonds. The lowest BCUT2D eigenvalue weighted by molar-refractivity contribution is 0.0333. The molecule has 5 nitrogen and oxygen atoms in total. The molecule has 1 saturated carbocycles. The molecule has 2 rings (SSSR count). The quantitative estimate of drug-likeness (QED) is 0.801. The van der Waals surface area contributed by atoms with E-state index in [0.717, 1.165) is 12.8 Å². The predicted octanol–water partition coefficient (Wildman–Crippen LogP) is 1.96. The molecule has 0 aliphatic heterocycles. The van der Waals surface area contributed by atoms with E-state index in [0.29, 0.717) is 23.0 Å². The predicted molar refractivity (Wildman–Crippen MR) is 81.8 cm³/mol. The highest BCUT2D eigenvalue weighted by atomic mass is 79.9. The molecule has 1 aliphatic rings. The molecule has 0 aromatic heterocycles. The fourth-order valence-corrected chi connectivity index (χ4v) is 4.78. The Balaban J connectivity index is 2.27. The van der Waals surface area contributed by atoms with E-state index in [4.69, 9.17) is 5.73 Å². The maximum atomic E-state index is 12.6. The lowest BCUT2D eigenvalue weighted by atomic mass is 10.0. The second-order valence-corrected chi connectivity index (χ2v) is 8.25. The Morgan fingerprint density at radius 2 is 2.00 bits per heavy atom. The zero-order valence-corrected chi connectivity index (χ0v) is 13.7. The van der Waals surface area contributed by atoms with Gasteiger partial charge >= 0.3 is 0 Å². The lowest BCUT2D eigenvalue weighted by Gasteiger charge is -2.28. The van der Waals surface area contributed by atoms with E-state index in [1.54, 1.807) is 12.1 Å². The van der Waals surface area contributed by atoms with Gasteiger partial charge in [-0.2, -0.15) is 4.31 Å². The van der Waals surface area contributed by atoms with Crippen LogP contribution in [0.25, 0.3) is 0 Å². The van der Waals surface area contributed by atoms with Gasteiger partial charge in [0.05, 0.1) is 10.5 Å². The van der Waals surface area contributed by atoms with Gasteiger partial charge in [0.1, 0.15) is 0 Å². The number of nitrogens with zero attached hydrogens (tertiary/aromatic N) is 1. The highest BCUT2D eigenvalue weighted by Gasteiger charge is 2.36. The molecule has 1 aromatic rings. The number of hydrogen-bond donors (Lipinski definition) is 2. The molecule has 0 heterocycles. The Kier molecular flexibility index (Phi) is 4.44. The standard InChI is InChI=1S/C13H19BrN2O3S/c1-16(9-13(17)6-2-3-7-13)20(18,19)12-8-10(15)4-5-11(12)14/h4-5,8,17H,2-3,6-7,9,15H2,1H3. The summed E-state index contributed by atoms with van der Waals surface area (Å²) in [7, 11) is -2.18. The minimum Gasteiger partial charge on any atom is -0.399 e. The minimum atomic E-state index is -3.67. The summed E-state index contributed by atoms with van der Waals surface area (Å²) in [5, 5.41) is 10.4. The van der Waals surface area contributed by atoms with Gasteiger partial charge in [-0.3, -0.25) is 0 Å². The molecule has 0 saturated heterocycles. The largest absolute Gasteiger partial charge is 0.399 e. The van der Waals surface area contributed by atoms with Gasteiger partial charge in [0.15, 0.2) is 0 Å². The third-order valence-electron chi connectivity index (χ3n) is 3.69. The number of nitrogens with two attached hydrogens (primary N) is 1. The van der Waals surface area contributed by atoms with Crippen LogP contribution >= 0.6 is 15.9 Å².